The van der Waals surface area contributed by atoms with Crippen molar-refractivity contribution >= 4 is 21.6 Å². The SMILES string of the molecule is COc1cccc(N(C)N)c1COc1ccn(-c2ccc(Br)cc2)n1. The normalized spacial score (nSPS) is 10.6. The maximum Gasteiger partial charge on any atom is 0.233 e. The Hall–Kier alpha value is -2.51. The van der Waals surface area contributed by atoms with Gasteiger partial charge in [0.25, 0.3) is 0 Å². The van der Waals surface area contributed by atoms with Gasteiger partial charge in [-0.3, -0.25) is 0 Å². The topological polar surface area (TPSA) is 65.5 Å². The summed E-state index contributed by atoms with van der Waals surface area (Å²) in [5, 5.41) is 5.99. The molecule has 130 valence electrons. The standard InChI is InChI=1S/C18H19BrN4O2/c1-22(20)16-4-3-5-17(24-2)15(16)12-25-18-10-11-23(21-18)14-8-6-13(19)7-9-14/h3-11H,12,20H2,1-2H3. The number of benzene rings is 2. The first-order valence-electron chi connectivity index (χ1n) is 7.67. The van der Waals surface area contributed by atoms with Gasteiger partial charge in [-0.1, -0.05) is 22.0 Å². The summed E-state index contributed by atoms with van der Waals surface area (Å²) in [5.41, 5.74) is 2.66. The number of nitrogens with zero attached hydrogens (tertiary/aromatic N) is 3. The lowest BCUT2D eigenvalue weighted by atomic mass is 10.1. The first kappa shape index (κ1) is 17.3. The summed E-state index contributed by atoms with van der Waals surface area (Å²) in [5.74, 6) is 7.15. The number of anilines is 1. The largest absolute Gasteiger partial charge is 0.496 e. The highest BCUT2D eigenvalue weighted by atomic mass is 79.9. The number of nitrogens with two attached hydrogens (primary N) is 1. The maximum absolute atomic E-state index is 5.90. The van der Waals surface area contributed by atoms with Gasteiger partial charge in [0.2, 0.25) is 5.88 Å². The van der Waals surface area contributed by atoms with E-state index in [9.17, 15) is 0 Å². The number of aromatic nitrogens is 2. The van der Waals surface area contributed by atoms with Crippen molar-refractivity contribution in [1.82, 2.24) is 9.78 Å². The Balaban J connectivity index is 1.78. The van der Waals surface area contributed by atoms with E-state index in [4.69, 9.17) is 15.3 Å². The highest BCUT2D eigenvalue weighted by Crippen LogP contribution is 2.29. The molecule has 0 saturated heterocycles. The molecule has 3 aromatic rings. The van der Waals surface area contributed by atoms with E-state index >= 15 is 0 Å². The fourth-order valence-electron chi connectivity index (χ4n) is 2.49. The van der Waals surface area contributed by atoms with Crippen LogP contribution in [0.25, 0.3) is 5.69 Å². The Kier molecular flexibility index (Phi) is 5.25. The molecule has 0 radical (unpaired) electrons. The minimum Gasteiger partial charge on any atom is -0.496 e. The van der Waals surface area contributed by atoms with Gasteiger partial charge in [-0.25, -0.2) is 10.5 Å². The number of rotatable bonds is 6. The number of hydrazine groups is 1. The molecular weight excluding hydrogens is 384 g/mol. The van der Waals surface area contributed by atoms with Crippen LogP contribution in [0.2, 0.25) is 0 Å². The van der Waals surface area contributed by atoms with E-state index < -0.39 is 0 Å². The van der Waals surface area contributed by atoms with E-state index in [0.29, 0.717) is 12.5 Å². The van der Waals surface area contributed by atoms with Gasteiger partial charge in [0.15, 0.2) is 0 Å². The van der Waals surface area contributed by atoms with Crippen LogP contribution in [0.15, 0.2) is 59.2 Å². The lowest BCUT2D eigenvalue weighted by Gasteiger charge is -2.19. The molecule has 2 aromatic carbocycles. The van der Waals surface area contributed by atoms with E-state index in [2.05, 4.69) is 21.0 Å². The van der Waals surface area contributed by atoms with Crippen LogP contribution in [0.4, 0.5) is 5.69 Å². The molecule has 0 fully saturated rings. The van der Waals surface area contributed by atoms with Crippen LogP contribution in [-0.4, -0.2) is 23.9 Å². The predicted octanol–water partition coefficient (Wildman–Crippen LogP) is 3.53. The second-order valence-corrected chi connectivity index (χ2v) is 6.35. The van der Waals surface area contributed by atoms with Crippen molar-refractivity contribution in [3.8, 4) is 17.3 Å². The summed E-state index contributed by atoms with van der Waals surface area (Å²) in [6.07, 6.45) is 1.86. The highest BCUT2D eigenvalue weighted by molar-refractivity contribution is 9.10. The van der Waals surface area contributed by atoms with Crippen molar-refractivity contribution in [2.45, 2.75) is 6.61 Å². The van der Waals surface area contributed by atoms with Crippen LogP contribution >= 0.6 is 15.9 Å². The number of methoxy groups -OCH3 is 1. The van der Waals surface area contributed by atoms with Crippen molar-refractivity contribution in [3.05, 3.63) is 64.8 Å². The third kappa shape index (κ3) is 3.94. The van der Waals surface area contributed by atoms with E-state index in [0.717, 1.165) is 27.2 Å². The van der Waals surface area contributed by atoms with Gasteiger partial charge < -0.3 is 14.5 Å². The molecule has 0 aliphatic carbocycles. The van der Waals surface area contributed by atoms with Crippen molar-refractivity contribution < 1.29 is 9.47 Å². The molecule has 0 spiro atoms. The monoisotopic (exact) mass is 402 g/mol. The van der Waals surface area contributed by atoms with Gasteiger partial charge in [-0.05, 0) is 36.4 Å². The molecule has 1 heterocycles. The Labute approximate surface area is 154 Å². The molecule has 7 heteroatoms. The molecular formula is C18H19BrN4O2. The molecule has 3 rings (SSSR count). The van der Waals surface area contributed by atoms with Gasteiger partial charge in [0.05, 0.1) is 24.0 Å². The summed E-state index contributed by atoms with van der Waals surface area (Å²) in [6.45, 7) is 0.304. The number of hydrogen-bond donors (Lipinski definition) is 1. The first-order chi connectivity index (χ1) is 12.1. The van der Waals surface area contributed by atoms with Crippen LogP contribution < -0.4 is 20.3 Å². The Morgan fingerprint density at radius 2 is 1.92 bits per heavy atom. The zero-order chi connectivity index (χ0) is 17.8. The lowest BCUT2D eigenvalue weighted by molar-refractivity contribution is 0.284. The predicted molar refractivity (Wildman–Crippen MR) is 101 cm³/mol. The van der Waals surface area contributed by atoms with E-state index in [1.54, 1.807) is 23.8 Å². The van der Waals surface area contributed by atoms with Crippen molar-refractivity contribution in [2.75, 3.05) is 19.2 Å². The summed E-state index contributed by atoms with van der Waals surface area (Å²) < 4.78 is 14.1. The molecule has 0 bridgehead atoms. The molecule has 0 atom stereocenters. The second-order valence-electron chi connectivity index (χ2n) is 5.43. The van der Waals surface area contributed by atoms with Crippen molar-refractivity contribution in [3.63, 3.8) is 0 Å². The molecule has 0 saturated carbocycles. The quantitative estimate of drug-likeness (QED) is 0.504. The Bertz CT molecular complexity index is 847. The summed E-state index contributed by atoms with van der Waals surface area (Å²) in [4.78, 5) is 0. The van der Waals surface area contributed by atoms with Gasteiger partial charge >= 0.3 is 0 Å². The average Bonchev–Trinajstić information content (AvgIpc) is 3.09. The number of halogens is 1. The fraction of sp³-hybridized carbons (Fsp3) is 0.167. The zero-order valence-electron chi connectivity index (χ0n) is 14.0. The minimum absolute atomic E-state index is 0.304. The Morgan fingerprint density at radius 1 is 1.16 bits per heavy atom. The van der Waals surface area contributed by atoms with E-state index in [1.807, 2.05) is 54.7 Å². The zero-order valence-corrected chi connectivity index (χ0v) is 15.6. The number of hydrogen-bond acceptors (Lipinski definition) is 5. The molecule has 1 aromatic heterocycles. The van der Waals surface area contributed by atoms with Gasteiger partial charge in [-0.15, -0.1) is 5.10 Å². The van der Waals surface area contributed by atoms with Crippen LogP contribution in [0.5, 0.6) is 11.6 Å². The summed E-state index contributed by atoms with van der Waals surface area (Å²) >= 11 is 3.43. The Morgan fingerprint density at radius 3 is 2.60 bits per heavy atom. The van der Waals surface area contributed by atoms with Crippen molar-refractivity contribution in [1.29, 1.82) is 0 Å². The molecule has 0 unspecified atom stereocenters. The van der Waals surface area contributed by atoms with E-state index in [1.165, 1.54) is 0 Å². The molecule has 0 aliphatic rings. The molecule has 6 nitrogen and oxygen atoms in total. The minimum atomic E-state index is 0.304. The molecule has 25 heavy (non-hydrogen) atoms. The highest BCUT2D eigenvalue weighted by Gasteiger charge is 2.13. The lowest BCUT2D eigenvalue weighted by Crippen LogP contribution is -2.26. The van der Waals surface area contributed by atoms with Crippen LogP contribution in [0.3, 0.4) is 0 Å². The van der Waals surface area contributed by atoms with Crippen molar-refractivity contribution in [2.24, 2.45) is 5.84 Å². The first-order valence-corrected chi connectivity index (χ1v) is 8.46. The average molecular weight is 403 g/mol. The van der Waals surface area contributed by atoms with Crippen LogP contribution in [0, 0.1) is 0 Å². The van der Waals surface area contributed by atoms with Gasteiger partial charge in [0.1, 0.15) is 12.4 Å². The van der Waals surface area contributed by atoms with Gasteiger partial charge in [-0.2, -0.15) is 0 Å². The van der Waals surface area contributed by atoms with Crippen LogP contribution in [-0.2, 0) is 6.61 Å². The molecule has 0 amide bonds. The fourth-order valence-corrected chi connectivity index (χ4v) is 2.75. The maximum atomic E-state index is 5.90. The van der Waals surface area contributed by atoms with Crippen LogP contribution in [0.1, 0.15) is 5.56 Å². The number of ether oxygens (including phenoxy) is 2. The second kappa shape index (κ2) is 7.58. The smallest absolute Gasteiger partial charge is 0.233 e. The third-order valence-corrected chi connectivity index (χ3v) is 4.26. The van der Waals surface area contributed by atoms with E-state index in [-0.39, 0.29) is 0 Å². The summed E-state index contributed by atoms with van der Waals surface area (Å²) in [7, 11) is 3.40. The summed E-state index contributed by atoms with van der Waals surface area (Å²) in [6, 6.07) is 15.4. The van der Waals surface area contributed by atoms with Gasteiger partial charge in [0, 0.05) is 23.8 Å². The molecule has 2 N–H and O–H groups in total. The third-order valence-electron chi connectivity index (χ3n) is 3.73. The molecule has 0 aliphatic heterocycles.